The number of hydrogen-bond donors (Lipinski definition) is 0. The first-order valence-corrected chi connectivity index (χ1v) is 10.3. The number of piperidine rings is 1. The van der Waals surface area contributed by atoms with Gasteiger partial charge in [-0.3, -0.25) is 14.4 Å². The van der Waals surface area contributed by atoms with Crippen molar-refractivity contribution in [3.8, 4) is 0 Å². The molecule has 0 bridgehead atoms. The van der Waals surface area contributed by atoms with Crippen LogP contribution in [0.25, 0.3) is 0 Å². The summed E-state index contributed by atoms with van der Waals surface area (Å²) in [6.07, 6.45) is 2.04. The van der Waals surface area contributed by atoms with Gasteiger partial charge in [0.05, 0.1) is 17.9 Å². The minimum absolute atomic E-state index is 0.0517. The van der Waals surface area contributed by atoms with Crippen LogP contribution < -0.4 is 0 Å². The maximum absolute atomic E-state index is 13.0. The molecule has 0 aromatic heterocycles. The second-order valence-corrected chi connectivity index (χ2v) is 8.37. The number of carbonyl (C=O) groups is 3. The number of likely N-dealkylation sites (tertiary alicyclic amines) is 3. The van der Waals surface area contributed by atoms with E-state index in [0.717, 1.165) is 18.4 Å². The minimum Gasteiger partial charge on any atom is -0.342 e. The molecule has 0 radical (unpaired) electrons. The van der Waals surface area contributed by atoms with Gasteiger partial charge in [-0.05, 0) is 25.3 Å². The Bertz CT molecular complexity index is 770. The molecule has 0 saturated carbocycles. The van der Waals surface area contributed by atoms with E-state index in [9.17, 15) is 14.4 Å². The monoisotopic (exact) mass is 383 g/mol. The third kappa shape index (κ3) is 2.99. The van der Waals surface area contributed by atoms with Crippen molar-refractivity contribution in [3.05, 3.63) is 35.9 Å². The van der Waals surface area contributed by atoms with Crippen LogP contribution in [0.5, 0.6) is 0 Å². The van der Waals surface area contributed by atoms with Crippen molar-refractivity contribution in [2.75, 3.05) is 32.7 Å². The molecule has 4 rings (SSSR count). The van der Waals surface area contributed by atoms with Gasteiger partial charge in [0.2, 0.25) is 17.7 Å². The molecule has 3 saturated heterocycles. The summed E-state index contributed by atoms with van der Waals surface area (Å²) in [5.74, 6) is 0.517. The molecule has 150 valence electrons. The molecule has 0 aliphatic carbocycles. The Balaban J connectivity index is 1.47. The van der Waals surface area contributed by atoms with Gasteiger partial charge in [0.25, 0.3) is 0 Å². The third-order valence-corrected chi connectivity index (χ3v) is 7.07. The fourth-order valence-electron chi connectivity index (χ4n) is 5.61. The molecule has 3 aliphatic heterocycles. The van der Waals surface area contributed by atoms with E-state index in [0.29, 0.717) is 39.1 Å². The third-order valence-electron chi connectivity index (χ3n) is 7.07. The largest absolute Gasteiger partial charge is 0.342 e. The maximum Gasteiger partial charge on any atom is 0.228 e. The number of hydrogen-bond acceptors (Lipinski definition) is 3. The summed E-state index contributed by atoms with van der Waals surface area (Å²) in [6, 6.07) is 9.84. The zero-order chi connectivity index (χ0) is 19.9. The molecule has 2 atom stereocenters. The first-order chi connectivity index (χ1) is 13.5. The van der Waals surface area contributed by atoms with Crippen LogP contribution in [0.1, 0.15) is 32.3 Å². The van der Waals surface area contributed by atoms with Gasteiger partial charge in [-0.15, -0.1) is 0 Å². The molecule has 1 aromatic rings. The predicted octanol–water partition coefficient (Wildman–Crippen LogP) is 1.55. The van der Waals surface area contributed by atoms with Crippen LogP contribution in [-0.2, 0) is 20.8 Å². The molecular formula is C22H29N3O3. The topological polar surface area (TPSA) is 60.9 Å². The highest BCUT2D eigenvalue weighted by molar-refractivity contribution is 5.86. The van der Waals surface area contributed by atoms with E-state index in [1.165, 1.54) is 0 Å². The lowest BCUT2D eigenvalue weighted by Gasteiger charge is -2.47. The van der Waals surface area contributed by atoms with Gasteiger partial charge in [-0.2, -0.15) is 0 Å². The van der Waals surface area contributed by atoms with Crippen molar-refractivity contribution in [3.63, 3.8) is 0 Å². The van der Waals surface area contributed by atoms with Crippen molar-refractivity contribution in [2.45, 2.75) is 38.6 Å². The lowest BCUT2D eigenvalue weighted by atomic mass is 9.74. The van der Waals surface area contributed by atoms with Crippen molar-refractivity contribution >= 4 is 17.7 Å². The van der Waals surface area contributed by atoms with Crippen LogP contribution in [0.15, 0.2) is 30.3 Å². The summed E-state index contributed by atoms with van der Waals surface area (Å²) in [7, 11) is 0. The highest BCUT2D eigenvalue weighted by Gasteiger charge is 2.61. The number of fused-ring (bicyclic) bond motifs is 2. The van der Waals surface area contributed by atoms with Crippen molar-refractivity contribution in [2.24, 2.45) is 11.8 Å². The first kappa shape index (κ1) is 19.0. The molecule has 3 fully saturated rings. The van der Waals surface area contributed by atoms with E-state index in [2.05, 4.69) is 4.90 Å². The van der Waals surface area contributed by atoms with Crippen molar-refractivity contribution in [1.29, 1.82) is 0 Å². The number of benzene rings is 1. The standard InChI is InChI=1S/C22H29N3O3/c1-3-25-21(28)18-14-24(16(2)26)15-19(18)22(25)9-11-23(12-10-22)20(27)13-17-7-5-4-6-8-17/h4-8,18-19H,3,9-15H2,1-2H3/t18-,19+/m1/s1. The second-order valence-electron chi connectivity index (χ2n) is 8.37. The zero-order valence-corrected chi connectivity index (χ0v) is 16.8. The maximum atomic E-state index is 13.0. The van der Waals surface area contributed by atoms with Gasteiger partial charge in [0.1, 0.15) is 0 Å². The summed E-state index contributed by atoms with van der Waals surface area (Å²) in [5, 5.41) is 0. The van der Waals surface area contributed by atoms with Crippen LogP contribution in [0.2, 0.25) is 0 Å². The Hall–Kier alpha value is -2.37. The normalized spacial score (nSPS) is 26.1. The Morgan fingerprint density at radius 1 is 1.07 bits per heavy atom. The van der Waals surface area contributed by atoms with Gasteiger partial charge < -0.3 is 14.7 Å². The van der Waals surface area contributed by atoms with Gasteiger partial charge >= 0.3 is 0 Å². The van der Waals surface area contributed by atoms with Crippen LogP contribution in [0.3, 0.4) is 0 Å². The Morgan fingerprint density at radius 2 is 1.75 bits per heavy atom. The van der Waals surface area contributed by atoms with E-state index >= 15 is 0 Å². The molecule has 6 heteroatoms. The average Bonchev–Trinajstić information content (AvgIpc) is 3.23. The lowest BCUT2D eigenvalue weighted by molar-refractivity contribution is -0.138. The molecule has 3 aliphatic rings. The predicted molar refractivity (Wildman–Crippen MR) is 105 cm³/mol. The molecule has 1 spiro atoms. The second kappa shape index (κ2) is 7.22. The molecule has 3 heterocycles. The van der Waals surface area contributed by atoms with Crippen LogP contribution in [0, 0.1) is 11.8 Å². The van der Waals surface area contributed by atoms with Gasteiger partial charge in [0, 0.05) is 45.6 Å². The summed E-state index contributed by atoms with van der Waals surface area (Å²) in [5.41, 5.74) is 0.830. The number of rotatable bonds is 3. The first-order valence-electron chi connectivity index (χ1n) is 10.3. The van der Waals surface area contributed by atoms with Gasteiger partial charge in [-0.1, -0.05) is 30.3 Å². The van der Waals surface area contributed by atoms with Gasteiger partial charge in [0.15, 0.2) is 0 Å². The molecule has 3 amide bonds. The van der Waals surface area contributed by atoms with E-state index in [4.69, 9.17) is 0 Å². The smallest absolute Gasteiger partial charge is 0.228 e. The summed E-state index contributed by atoms with van der Waals surface area (Å²) in [4.78, 5) is 43.5. The summed E-state index contributed by atoms with van der Waals surface area (Å²) < 4.78 is 0. The number of carbonyl (C=O) groups excluding carboxylic acids is 3. The van der Waals surface area contributed by atoms with Crippen LogP contribution >= 0.6 is 0 Å². The molecule has 0 unspecified atom stereocenters. The van der Waals surface area contributed by atoms with E-state index in [1.54, 1.807) is 6.92 Å². The van der Waals surface area contributed by atoms with Crippen molar-refractivity contribution < 1.29 is 14.4 Å². The summed E-state index contributed by atoms with van der Waals surface area (Å²) in [6.45, 7) is 6.90. The molecule has 28 heavy (non-hydrogen) atoms. The Morgan fingerprint density at radius 3 is 2.36 bits per heavy atom. The van der Waals surface area contributed by atoms with Crippen molar-refractivity contribution in [1.82, 2.24) is 14.7 Å². The molecular weight excluding hydrogens is 354 g/mol. The van der Waals surface area contributed by atoms with E-state index in [-0.39, 0.29) is 35.1 Å². The highest BCUT2D eigenvalue weighted by Crippen LogP contribution is 2.49. The van der Waals surface area contributed by atoms with Crippen LogP contribution in [-0.4, -0.2) is 70.7 Å². The van der Waals surface area contributed by atoms with E-state index < -0.39 is 0 Å². The summed E-state index contributed by atoms with van der Waals surface area (Å²) >= 11 is 0. The fraction of sp³-hybridized carbons (Fsp3) is 0.591. The Labute approximate surface area is 166 Å². The molecule has 1 aromatic carbocycles. The lowest BCUT2D eigenvalue weighted by Crippen LogP contribution is -2.58. The zero-order valence-electron chi connectivity index (χ0n) is 16.8. The Kier molecular flexibility index (Phi) is 4.89. The quantitative estimate of drug-likeness (QED) is 0.796. The SMILES string of the molecule is CCN1C(=O)[C@@H]2CN(C(C)=O)C[C@@H]2C12CCN(C(=O)Cc1ccccc1)CC2. The highest BCUT2D eigenvalue weighted by atomic mass is 16.2. The number of nitrogens with zero attached hydrogens (tertiary/aromatic N) is 3. The fourth-order valence-corrected chi connectivity index (χ4v) is 5.61. The molecule has 6 nitrogen and oxygen atoms in total. The van der Waals surface area contributed by atoms with E-state index in [1.807, 2.05) is 47.1 Å². The molecule has 0 N–H and O–H groups in total. The number of amides is 3. The van der Waals surface area contributed by atoms with Crippen LogP contribution in [0.4, 0.5) is 0 Å². The van der Waals surface area contributed by atoms with Gasteiger partial charge in [-0.25, -0.2) is 0 Å². The average molecular weight is 383 g/mol. The minimum atomic E-state index is -0.204.